The van der Waals surface area contributed by atoms with Crippen LogP contribution >= 0.6 is 0 Å². The lowest BCUT2D eigenvalue weighted by Crippen LogP contribution is -2.16. The molecule has 0 aliphatic carbocycles. The van der Waals surface area contributed by atoms with Crippen LogP contribution in [0.1, 0.15) is 6.42 Å². The molecule has 1 amide bonds. The molecule has 0 aromatic heterocycles. The van der Waals surface area contributed by atoms with Gasteiger partial charge in [0, 0.05) is 11.9 Å². The summed E-state index contributed by atoms with van der Waals surface area (Å²) in [4.78, 5) is 10.4. The summed E-state index contributed by atoms with van der Waals surface area (Å²) in [7, 11) is 0. The van der Waals surface area contributed by atoms with Gasteiger partial charge in [-0.05, 0) is 12.2 Å². The second-order valence-electron chi connectivity index (χ2n) is 2.11. The fourth-order valence-electron chi connectivity index (χ4n) is 0.708. The van der Waals surface area contributed by atoms with Crippen LogP contribution in [0.2, 0.25) is 0 Å². The van der Waals surface area contributed by atoms with Crippen LogP contribution in [-0.4, -0.2) is 12.1 Å². The Morgan fingerprint density at radius 3 is 3.18 bits per heavy atom. The van der Waals surface area contributed by atoms with Gasteiger partial charge in [-0.15, -0.1) is 0 Å². The zero-order chi connectivity index (χ0) is 8.10. The smallest absolute Gasteiger partial charge is 0.223 e. The van der Waals surface area contributed by atoms with Gasteiger partial charge in [0.25, 0.3) is 0 Å². The molecule has 0 unspecified atom stereocenters. The largest absolute Gasteiger partial charge is 0.369 e. The van der Waals surface area contributed by atoms with Crippen molar-refractivity contribution in [2.75, 3.05) is 0 Å². The first-order valence-corrected chi connectivity index (χ1v) is 3.22. The van der Waals surface area contributed by atoms with Crippen molar-refractivity contribution in [1.29, 1.82) is 0 Å². The van der Waals surface area contributed by atoms with Crippen molar-refractivity contribution in [2.24, 2.45) is 10.8 Å². The third kappa shape index (κ3) is 2.66. The zero-order valence-electron chi connectivity index (χ0n) is 5.95. The maximum atomic E-state index is 10.4. The molecule has 58 valence electrons. The number of hydrogen-bond donors (Lipinski definition) is 2. The Morgan fingerprint density at radius 2 is 2.45 bits per heavy atom. The van der Waals surface area contributed by atoms with Crippen LogP contribution in [0, 0.1) is 0 Å². The molecule has 1 heterocycles. The molecule has 1 aliphatic heterocycles. The molecule has 0 fully saturated rings. The van der Waals surface area contributed by atoms with E-state index in [9.17, 15) is 4.79 Å². The van der Waals surface area contributed by atoms with Crippen molar-refractivity contribution in [2.45, 2.75) is 6.42 Å². The van der Waals surface area contributed by atoms with Gasteiger partial charge in [0.05, 0.1) is 6.42 Å². The molecular weight excluding hydrogens is 142 g/mol. The van der Waals surface area contributed by atoms with Gasteiger partial charge in [-0.25, -0.2) is 0 Å². The lowest BCUT2D eigenvalue weighted by molar-refractivity contribution is -0.117. The minimum atomic E-state index is -0.366. The highest BCUT2D eigenvalue weighted by molar-refractivity contribution is 5.77. The predicted octanol–water partition coefficient (Wildman–Crippen LogP) is -0.109. The van der Waals surface area contributed by atoms with Crippen molar-refractivity contribution < 1.29 is 4.79 Å². The Balaban J connectivity index is 2.57. The van der Waals surface area contributed by atoms with E-state index < -0.39 is 0 Å². The van der Waals surface area contributed by atoms with Gasteiger partial charge in [-0.1, -0.05) is 6.08 Å². The second-order valence-corrected chi connectivity index (χ2v) is 2.11. The summed E-state index contributed by atoms with van der Waals surface area (Å²) < 4.78 is 0. The van der Waals surface area contributed by atoms with Gasteiger partial charge in [-0.3, -0.25) is 10.2 Å². The van der Waals surface area contributed by atoms with E-state index in [1.807, 2.05) is 0 Å². The van der Waals surface area contributed by atoms with Crippen LogP contribution in [-0.2, 0) is 4.79 Å². The highest BCUT2D eigenvalue weighted by atomic mass is 16.1. The van der Waals surface area contributed by atoms with E-state index in [0.717, 1.165) is 0 Å². The summed E-state index contributed by atoms with van der Waals surface area (Å²) in [5, 5.41) is 3.77. The first-order valence-electron chi connectivity index (χ1n) is 3.22. The molecule has 0 aromatic carbocycles. The minimum absolute atomic E-state index is 0.196. The third-order valence-electron chi connectivity index (χ3n) is 1.14. The topological polar surface area (TPSA) is 67.5 Å². The normalized spacial score (nSPS) is 15.1. The molecule has 4 heteroatoms. The predicted molar refractivity (Wildman–Crippen MR) is 42.7 cm³/mol. The summed E-state index contributed by atoms with van der Waals surface area (Å²) in [5.41, 5.74) is 8.37. The van der Waals surface area contributed by atoms with Crippen molar-refractivity contribution >= 4 is 12.1 Å². The number of rotatable bonds is 2. The zero-order valence-corrected chi connectivity index (χ0v) is 5.95. The van der Waals surface area contributed by atoms with Gasteiger partial charge in [0.2, 0.25) is 5.91 Å². The van der Waals surface area contributed by atoms with Gasteiger partial charge >= 0.3 is 0 Å². The van der Waals surface area contributed by atoms with Gasteiger partial charge in [-0.2, -0.15) is 5.10 Å². The summed E-state index contributed by atoms with van der Waals surface area (Å²) in [6.07, 6.45) is 7.12. The van der Waals surface area contributed by atoms with Gasteiger partial charge < -0.3 is 5.73 Å². The number of nitrogens with zero attached hydrogens (tertiary/aromatic N) is 1. The molecule has 1 aliphatic rings. The molecule has 1 rings (SSSR count). The molecule has 3 N–H and O–H groups in total. The Labute approximate surface area is 64.5 Å². The van der Waals surface area contributed by atoms with Gasteiger partial charge in [0.1, 0.15) is 0 Å². The summed E-state index contributed by atoms with van der Waals surface area (Å²) in [6.45, 7) is 0. The number of hydrazone groups is 1. The average molecular weight is 151 g/mol. The van der Waals surface area contributed by atoms with Crippen LogP contribution in [0.3, 0.4) is 0 Å². The van der Waals surface area contributed by atoms with E-state index in [1.165, 1.54) is 0 Å². The van der Waals surface area contributed by atoms with E-state index in [-0.39, 0.29) is 12.3 Å². The molecule has 11 heavy (non-hydrogen) atoms. The summed E-state index contributed by atoms with van der Waals surface area (Å²) >= 11 is 0. The standard InChI is InChI=1S/C7H9N3O/c8-7(11)5-6-3-1-2-4-9-10-6/h1-4,10H,5H2,(H2,8,11). The van der Waals surface area contributed by atoms with Crippen molar-refractivity contribution in [3.63, 3.8) is 0 Å². The number of hydrogen-bond acceptors (Lipinski definition) is 3. The first-order chi connectivity index (χ1) is 5.29. The van der Waals surface area contributed by atoms with E-state index >= 15 is 0 Å². The van der Waals surface area contributed by atoms with E-state index in [4.69, 9.17) is 5.73 Å². The lowest BCUT2D eigenvalue weighted by Gasteiger charge is -2.00. The van der Waals surface area contributed by atoms with Crippen LogP contribution in [0.4, 0.5) is 0 Å². The first kappa shape index (κ1) is 7.53. The van der Waals surface area contributed by atoms with E-state index in [0.29, 0.717) is 5.70 Å². The maximum absolute atomic E-state index is 10.4. The molecule has 0 saturated heterocycles. The Bertz CT molecular complexity index is 240. The van der Waals surface area contributed by atoms with Crippen molar-refractivity contribution in [3.8, 4) is 0 Å². The van der Waals surface area contributed by atoms with Crippen LogP contribution in [0.5, 0.6) is 0 Å². The molecule has 0 saturated carbocycles. The molecule has 0 aromatic rings. The monoisotopic (exact) mass is 151 g/mol. The molecular formula is C7H9N3O. The van der Waals surface area contributed by atoms with Crippen molar-refractivity contribution in [1.82, 2.24) is 5.43 Å². The minimum Gasteiger partial charge on any atom is -0.369 e. The van der Waals surface area contributed by atoms with E-state index in [2.05, 4.69) is 10.5 Å². The molecule has 0 bridgehead atoms. The Hall–Kier alpha value is -1.58. The fourth-order valence-corrected chi connectivity index (χ4v) is 0.708. The highest BCUT2D eigenvalue weighted by Gasteiger charge is 1.99. The van der Waals surface area contributed by atoms with Crippen LogP contribution in [0.25, 0.3) is 0 Å². The summed E-state index contributed by atoms with van der Waals surface area (Å²) in [5.74, 6) is -0.366. The lowest BCUT2D eigenvalue weighted by atomic mass is 10.3. The summed E-state index contributed by atoms with van der Waals surface area (Å²) in [6, 6.07) is 0. The van der Waals surface area contributed by atoms with Crippen LogP contribution < -0.4 is 11.2 Å². The second kappa shape index (κ2) is 3.55. The molecule has 0 atom stereocenters. The van der Waals surface area contributed by atoms with Gasteiger partial charge in [0.15, 0.2) is 0 Å². The number of amides is 1. The molecule has 0 radical (unpaired) electrons. The maximum Gasteiger partial charge on any atom is 0.223 e. The number of nitrogens with one attached hydrogen (secondary N) is 1. The van der Waals surface area contributed by atoms with Crippen molar-refractivity contribution in [3.05, 3.63) is 23.9 Å². The number of allylic oxidation sites excluding steroid dienone is 3. The molecule has 4 nitrogen and oxygen atoms in total. The van der Waals surface area contributed by atoms with Crippen LogP contribution in [0.15, 0.2) is 29.0 Å². The number of nitrogens with two attached hydrogens (primary N) is 1. The SMILES string of the molecule is NC(=O)CC1=CC=CC=NN1. The quantitative estimate of drug-likeness (QED) is 0.578. The average Bonchev–Trinajstić information content (AvgIpc) is 2.14. The number of primary amides is 1. The Morgan fingerprint density at radius 1 is 1.64 bits per heavy atom. The fraction of sp³-hybridized carbons (Fsp3) is 0.143. The highest BCUT2D eigenvalue weighted by Crippen LogP contribution is 1.97. The Kier molecular flexibility index (Phi) is 2.43. The number of carbonyl (C=O) groups is 1. The third-order valence-corrected chi connectivity index (χ3v) is 1.14. The molecule has 0 spiro atoms. The number of carbonyl (C=O) groups excluding carboxylic acids is 1. The van der Waals surface area contributed by atoms with E-state index in [1.54, 1.807) is 24.4 Å².